The van der Waals surface area contributed by atoms with Crippen LogP contribution in [0.5, 0.6) is 0 Å². The lowest BCUT2D eigenvalue weighted by atomic mass is 10.2. The largest absolute Gasteiger partial charge is 0.165 e. The first-order valence-corrected chi connectivity index (χ1v) is 6.71. The smallest absolute Gasteiger partial charge is 0.0289 e. The molecule has 0 N–H and O–H groups in total. The van der Waals surface area contributed by atoms with Gasteiger partial charge in [-0.3, -0.25) is 0 Å². The molecule has 1 atom stereocenters. The molecule has 0 aromatic rings. The molecular weight excluding hydrogens is 267 g/mol. The SMILES string of the molecule is CC=C[C@H](I)CCCCSC. The van der Waals surface area contributed by atoms with Crippen molar-refractivity contribution in [2.24, 2.45) is 0 Å². The molecule has 0 amide bonds. The Morgan fingerprint density at radius 1 is 1.45 bits per heavy atom. The van der Waals surface area contributed by atoms with E-state index in [1.807, 2.05) is 11.8 Å². The minimum Gasteiger partial charge on any atom is -0.165 e. The standard InChI is InChI=1S/C9H17IS/c1-3-6-9(10)7-4-5-8-11-2/h3,6,9H,4-5,7-8H2,1-2H3/t9-/m0/s1. The van der Waals surface area contributed by atoms with Crippen molar-refractivity contribution in [2.75, 3.05) is 12.0 Å². The molecule has 0 heterocycles. The van der Waals surface area contributed by atoms with Crippen LogP contribution in [0.2, 0.25) is 0 Å². The summed E-state index contributed by atoms with van der Waals surface area (Å²) in [6.07, 6.45) is 10.7. The zero-order chi connectivity index (χ0) is 8.53. The summed E-state index contributed by atoms with van der Waals surface area (Å²) < 4.78 is 0.749. The lowest BCUT2D eigenvalue weighted by Crippen LogP contribution is -1.92. The maximum atomic E-state index is 2.50. The fourth-order valence-corrected chi connectivity index (χ4v) is 2.24. The molecule has 0 bridgehead atoms. The lowest BCUT2D eigenvalue weighted by molar-refractivity contribution is 0.754. The van der Waals surface area contributed by atoms with Gasteiger partial charge in [0.25, 0.3) is 0 Å². The van der Waals surface area contributed by atoms with Crippen molar-refractivity contribution in [3.05, 3.63) is 12.2 Å². The van der Waals surface area contributed by atoms with Gasteiger partial charge < -0.3 is 0 Å². The first-order chi connectivity index (χ1) is 5.31. The molecule has 0 saturated heterocycles. The summed E-state index contributed by atoms with van der Waals surface area (Å²) in [7, 11) is 0. The van der Waals surface area contributed by atoms with E-state index in [2.05, 4.69) is 47.9 Å². The highest BCUT2D eigenvalue weighted by molar-refractivity contribution is 14.1. The van der Waals surface area contributed by atoms with Crippen molar-refractivity contribution in [3.8, 4) is 0 Å². The van der Waals surface area contributed by atoms with E-state index in [1.165, 1.54) is 25.0 Å². The zero-order valence-corrected chi connectivity index (χ0v) is 10.3. The highest BCUT2D eigenvalue weighted by Gasteiger charge is 1.96. The predicted octanol–water partition coefficient (Wildman–Crippen LogP) is 3.90. The van der Waals surface area contributed by atoms with Crippen molar-refractivity contribution in [3.63, 3.8) is 0 Å². The van der Waals surface area contributed by atoms with Gasteiger partial charge in [0, 0.05) is 3.92 Å². The molecular formula is C9H17IS. The highest BCUT2D eigenvalue weighted by Crippen LogP contribution is 2.12. The molecule has 0 fully saturated rings. The summed E-state index contributed by atoms with van der Waals surface area (Å²) in [6, 6.07) is 0. The predicted molar refractivity (Wildman–Crippen MR) is 64.9 cm³/mol. The van der Waals surface area contributed by atoms with E-state index in [0.29, 0.717) is 0 Å². The first kappa shape index (κ1) is 11.8. The topological polar surface area (TPSA) is 0 Å². The number of halogens is 1. The minimum atomic E-state index is 0.749. The van der Waals surface area contributed by atoms with Gasteiger partial charge in [0.1, 0.15) is 0 Å². The van der Waals surface area contributed by atoms with Crippen LogP contribution in [-0.4, -0.2) is 15.9 Å². The number of unbranched alkanes of at least 4 members (excludes halogenated alkanes) is 1. The Labute approximate surface area is 88.4 Å². The van der Waals surface area contributed by atoms with Crippen LogP contribution in [0.3, 0.4) is 0 Å². The fraction of sp³-hybridized carbons (Fsp3) is 0.778. The van der Waals surface area contributed by atoms with E-state index in [0.717, 1.165) is 3.92 Å². The van der Waals surface area contributed by atoms with Crippen LogP contribution < -0.4 is 0 Å². The van der Waals surface area contributed by atoms with Crippen LogP contribution in [0.4, 0.5) is 0 Å². The van der Waals surface area contributed by atoms with Crippen molar-refractivity contribution < 1.29 is 0 Å². The molecule has 2 heteroatoms. The van der Waals surface area contributed by atoms with Gasteiger partial charge in [-0.05, 0) is 31.8 Å². The normalized spacial score (nSPS) is 14.1. The first-order valence-electron chi connectivity index (χ1n) is 4.07. The second kappa shape index (κ2) is 8.91. The lowest BCUT2D eigenvalue weighted by Gasteiger charge is -2.02. The Kier molecular flexibility index (Phi) is 9.58. The third kappa shape index (κ3) is 8.73. The van der Waals surface area contributed by atoms with E-state index in [1.54, 1.807) is 0 Å². The monoisotopic (exact) mass is 284 g/mol. The third-order valence-corrected chi connectivity index (χ3v) is 3.21. The maximum Gasteiger partial charge on any atom is 0.0289 e. The summed E-state index contributed by atoms with van der Waals surface area (Å²) in [6.45, 7) is 2.09. The van der Waals surface area contributed by atoms with E-state index in [-0.39, 0.29) is 0 Å². The van der Waals surface area contributed by atoms with E-state index in [4.69, 9.17) is 0 Å². The average Bonchev–Trinajstić information content (AvgIpc) is 1.99. The van der Waals surface area contributed by atoms with Gasteiger partial charge in [-0.15, -0.1) is 0 Å². The van der Waals surface area contributed by atoms with Crippen molar-refractivity contribution >= 4 is 34.4 Å². The van der Waals surface area contributed by atoms with Gasteiger partial charge in [0.15, 0.2) is 0 Å². The number of alkyl halides is 1. The molecule has 0 aromatic heterocycles. The minimum absolute atomic E-state index is 0.749. The summed E-state index contributed by atoms with van der Waals surface area (Å²) in [5.41, 5.74) is 0. The van der Waals surface area contributed by atoms with E-state index >= 15 is 0 Å². The third-order valence-electron chi connectivity index (χ3n) is 1.48. The van der Waals surface area contributed by atoms with Crippen molar-refractivity contribution in [1.82, 2.24) is 0 Å². The van der Waals surface area contributed by atoms with Crippen LogP contribution in [-0.2, 0) is 0 Å². The van der Waals surface area contributed by atoms with E-state index in [9.17, 15) is 0 Å². The fourth-order valence-electron chi connectivity index (χ4n) is 0.891. The molecule has 0 aliphatic carbocycles. The molecule has 0 radical (unpaired) electrons. The van der Waals surface area contributed by atoms with Crippen LogP contribution in [0, 0.1) is 0 Å². The van der Waals surface area contributed by atoms with Gasteiger partial charge in [0.05, 0.1) is 0 Å². The molecule has 11 heavy (non-hydrogen) atoms. The van der Waals surface area contributed by atoms with Gasteiger partial charge in [0.2, 0.25) is 0 Å². The maximum absolute atomic E-state index is 2.50. The molecule has 0 saturated carbocycles. The Morgan fingerprint density at radius 3 is 2.73 bits per heavy atom. The Hall–Kier alpha value is 0.820. The quantitative estimate of drug-likeness (QED) is 0.308. The number of rotatable bonds is 6. The van der Waals surface area contributed by atoms with Gasteiger partial charge in [-0.2, -0.15) is 11.8 Å². The summed E-state index contributed by atoms with van der Waals surface area (Å²) >= 11 is 4.45. The Bertz CT molecular complexity index is 102. The number of hydrogen-bond acceptors (Lipinski definition) is 1. The molecule has 0 unspecified atom stereocenters. The van der Waals surface area contributed by atoms with Crippen LogP contribution >= 0.6 is 34.4 Å². The van der Waals surface area contributed by atoms with Gasteiger partial charge in [-0.1, -0.05) is 41.2 Å². The van der Waals surface area contributed by atoms with Crippen molar-refractivity contribution in [1.29, 1.82) is 0 Å². The number of allylic oxidation sites excluding steroid dienone is 2. The molecule has 0 rings (SSSR count). The van der Waals surface area contributed by atoms with Crippen LogP contribution in [0.15, 0.2) is 12.2 Å². The highest BCUT2D eigenvalue weighted by atomic mass is 127. The number of thioether (sulfide) groups is 1. The summed E-state index contributed by atoms with van der Waals surface area (Å²) in [4.78, 5) is 0. The second-order valence-electron chi connectivity index (χ2n) is 2.53. The van der Waals surface area contributed by atoms with E-state index < -0.39 is 0 Å². The molecule has 0 aliphatic heterocycles. The Balaban J connectivity index is 3.10. The average molecular weight is 284 g/mol. The molecule has 0 aromatic carbocycles. The molecule has 0 nitrogen and oxygen atoms in total. The summed E-state index contributed by atoms with van der Waals surface area (Å²) in [5, 5.41) is 0. The van der Waals surface area contributed by atoms with Gasteiger partial charge in [-0.25, -0.2) is 0 Å². The van der Waals surface area contributed by atoms with Crippen molar-refractivity contribution in [2.45, 2.75) is 30.1 Å². The van der Waals surface area contributed by atoms with Gasteiger partial charge >= 0.3 is 0 Å². The molecule has 66 valence electrons. The zero-order valence-electron chi connectivity index (χ0n) is 7.35. The number of hydrogen-bond donors (Lipinski definition) is 0. The second-order valence-corrected chi connectivity index (χ2v) is 5.12. The molecule has 0 aliphatic rings. The van der Waals surface area contributed by atoms with Crippen LogP contribution in [0.25, 0.3) is 0 Å². The summed E-state index contributed by atoms with van der Waals surface area (Å²) in [5.74, 6) is 1.32. The Morgan fingerprint density at radius 2 is 2.18 bits per heavy atom. The van der Waals surface area contributed by atoms with Crippen LogP contribution in [0.1, 0.15) is 26.2 Å². The molecule has 0 spiro atoms.